The number of hydrogen-bond acceptors (Lipinski definition) is 3. The van der Waals surface area contributed by atoms with Crippen LogP contribution in [0, 0.1) is 34.5 Å². The first-order chi connectivity index (χ1) is 15.2. The van der Waals surface area contributed by atoms with Crippen LogP contribution in [0.2, 0.25) is 0 Å². The molecule has 0 unspecified atom stereocenters. The molecule has 5 nitrogen and oxygen atoms in total. The summed E-state index contributed by atoms with van der Waals surface area (Å²) in [5.74, 6) is 2.42. The zero-order valence-electron chi connectivity index (χ0n) is 19.5. The van der Waals surface area contributed by atoms with Gasteiger partial charge in [-0.1, -0.05) is 38.1 Å². The highest BCUT2D eigenvalue weighted by molar-refractivity contribution is 7.89. The topological polar surface area (TPSA) is 66.5 Å². The molecule has 4 aliphatic rings. The first-order valence-electron chi connectivity index (χ1n) is 12.2. The van der Waals surface area contributed by atoms with E-state index in [-0.39, 0.29) is 16.7 Å². The maximum atomic E-state index is 12.8. The Morgan fingerprint density at radius 1 is 1.03 bits per heavy atom. The molecule has 3 fully saturated rings. The Kier molecular flexibility index (Phi) is 5.33. The van der Waals surface area contributed by atoms with Gasteiger partial charge in [0.2, 0.25) is 15.9 Å². The fourth-order valence-corrected chi connectivity index (χ4v) is 9.18. The minimum absolute atomic E-state index is 0.0554. The number of sulfonamides is 1. The lowest BCUT2D eigenvalue weighted by Crippen LogP contribution is -2.59. The number of benzene rings is 1. The lowest BCUT2D eigenvalue weighted by atomic mass is 9.47. The number of nitrogens with zero attached hydrogens (tertiary/aromatic N) is 1. The van der Waals surface area contributed by atoms with Gasteiger partial charge in [0, 0.05) is 25.0 Å². The summed E-state index contributed by atoms with van der Waals surface area (Å²) in [6, 6.07) is 9.00. The standard InChI is InChI=1S/C26H36N2O3S/c1-25-15-13-22-20(10-12-23-26(22,2)16-14-24(29)28(23)3)21(25)11-9-18(25)17-27-32(30,31)19-7-5-4-6-8-19/h4-8,14,16,18,20-23,27H,9-13,15,17H2,1-3H3/t18-,20+,21+,22+,23-,25-,26-/m1/s1. The van der Waals surface area contributed by atoms with Gasteiger partial charge in [0.1, 0.15) is 0 Å². The van der Waals surface area contributed by atoms with Crippen molar-refractivity contribution in [3.05, 3.63) is 42.5 Å². The summed E-state index contributed by atoms with van der Waals surface area (Å²) in [6.45, 7) is 5.32. The van der Waals surface area contributed by atoms with Crippen LogP contribution in [-0.4, -0.2) is 38.9 Å². The largest absolute Gasteiger partial charge is 0.338 e. The van der Waals surface area contributed by atoms with Crippen molar-refractivity contribution in [2.75, 3.05) is 13.6 Å². The summed E-state index contributed by atoms with van der Waals surface area (Å²) in [6.07, 6.45) is 10.9. The number of carbonyl (C=O) groups excluding carboxylic acids is 1. The van der Waals surface area contributed by atoms with E-state index >= 15 is 0 Å². The van der Waals surface area contributed by atoms with Crippen molar-refractivity contribution in [2.45, 2.75) is 63.3 Å². The van der Waals surface area contributed by atoms with Crippen molar-refractivity contribution in [1.82, 2.24) is 9.62 Å². The van der Waals surface area contributed by atoms with E-state index in [4.69, 9.17) is 0 Å². The van der Waals surface area contributed by atoms with Gasteiger partial charge < -0.3 is 4.90 Å². The molecule has 0 saturated heterocycles. The molecular weight excluding hydrogens is 420 g/mol. The molecule has 1 N–H and O–H groups in total. The third-order valence-electron chi connectivity index (χ3n) is 9.90. The second-order valence-electron chi connectivity index (χ2n) is 11.1. The zero-order valence-corrected chi connectivity index (χ0v) is 20.3. The van der Waals surface area contributed by atoms with Crippen LogP contribution < -0.4 is 4.72 Å². The quantitative estimate of drug-likeness (QED) is 0.738. The van der Waals surface area contributed by atoms with E-state index in [1.807, 2.05) is 18.0 Å². The summed E-state index contributed by atoms with van der Waals surface area (Å²) in [4.78, 5) is 14.6. The van der Waals surface area contributed by atoms with Crippen molar-refractivity contribution in [1.29, 1.82) is 0 Å². The summed E-state index contributed by atoms with van der Waals surface area (Å²) < 4.78 is 28.5. The third kappa shape index (κ3) is 3.28. The maximum Gasteiger partial charge on any atom is 0.246 e. The first kappa shape index (κ1) is 22.1. The molecule has 3 aliphatic carbocycles. The molecule has 1 aromatic carbocycles. The maximum absolute atomic E-state index is 12.8. The molecule has 1 amide bonds. The van der Waals surface area contributed by atoms with Crippen LogP contribution in [-0.2, 0) is 14.8 Å². The number of nitrogens with one attached hydrogen (secondary N) is 1. The minimum atomic E-state index is -3.47. The summed E-state index contributed by atoms with van der Waals surface area (Å²) in [5.41, 5.74) is 0.240. The molecule has 0 aromatic heterocycles. The first-order valence-corrected chi connectivity index (χ1v) is 13.7. The van der Waals surface area contributed by atoms with Crippen LogP contribution in [0.4, 0.5) is 0 Å². The number of rotatable bonds is 4. The Labute approximate surface area is 192 Å². The van der Waals surface area contributed by atoms with Gasteiger partial charge in [-0.05, 0) is 85.8 Å². The van der Waals surface area contributed by atoms with E-state index in [0.717, 1.165) is 19.3 Å². The van der Waals surface area contributed by atoms with Crippen LogP contribution >= 0.6 is 0 Å². The summed E-state index contributed by atoms with van der Waals surface area (Å²) in [7, 11) is -1.50. The molecule has 0 radical (unpaired) electrons. The SMILES string of the molecule is CN1C(=O)C=C[C@]2(C)[C@H]3CC[C@]4(C)[C@@H](CNS(=O)(=O)c5ccccc5)CC[C@H]4[C@@H]3CC[C@@H]12. The fourth-order valence-electron chi connectivity index (χ4n) is 8.08. The monoisotopic (exact) mass is 456 g/mol. The highest BCUT2D eigenvalue weighted by Crippen LogP contribution is 2.65. The van der Waals surface area contributed by atoms with Crippen molar-refractivity contribution < 1.29 is 13.2 Å². The smallest absolute Gasteiger partial charge is 0.246 e. The second kappa shape index (κ2) is 7.69. The molecular formula is C26H36N2O3S. The number of likely N-dealkylation sites (N-methyl/N-ethyl adjacent to an activating group) is 1. The van der Waals surface area contributed by atoms with Crippen molar-refractivity contribution >= 4 is 15.9 Å². The number of hydrogen-bond donors (Lipinski definition) is 1. The van der Waals surface area contributed by atoms with Gasteiger partial charge in [0.25, 0.3) is 0 Å². The molecule has 174 valence electrons. The second-order valence-corrected chi connectivity index (χ2v) is 12.9. The molecule has 0 spiro atoms. The summed E-state index contributed by atoms with van der Waals surface area (Å²) >= 11 is 0. The highest BCUT2D eigenvalue weighted by atomic mass is 32.2. The molecule has 3 saturated carbocycles. The van der Waals surface area contributed by atoms with E-state index in [1.54, 1.807) is 30.3 Å². The minimum Gasteiger partial charge on any atom is -0.338 e. The highest BCUT2D eigenvalue weighted by Gasteiger charge is 2.60. The Morgan fingerprint density at radius 3 is 2.53 bits per heavy atom. The van der Waals surface area contributed by atoms with Crippen LogP contribution in [0.3, 0.4) is 0 Å². The van der Waals surface area contributed by atoms with Crippen molar-refractivity contribution in [3.63, 3.8) is 0 Å². The van der Waals surface area contributed by atoms with Crippen LogP contribution in [0.25, 0.3) is 0 Å². The number of fused-ring (bicyclic) bond motifs is 5. The molecule has 5 rings (SSSR count). The number of amides is 1. The van der Waals surface area contributed by atoms with Crippen LogP contribution in [0.5, 0.6) is 0 Å². The van der Waals surface area contributed by atoms with E-state index < -0.39 is 10.0 Å². The fraction of sp³-hybridized carbons (Fsp3) is 0.654. The third-order valence-corrected chi connectivity index (χ3v) is 11.3. The molecule has 1 heterocycles. The van der Waals surface area contributed by atoms with Gasteiger partial charge in [-0.2, -0.15) is 0 Å². The average Bonchev–Trinajstić information content (AvgIpc) is 3.12. The molecule has 0 bridgehead atoms. The van der Waals surface area contributed by atoms with Gasteiger partial charge in [0.15, 0.2) is 0 Å². The van der Waals surface area contributed by atoms with Crippen molar-refractivity contribution in [2.24, 2.45) is 34.5 Å². The molecule has 1 aliphatic heterocycles. The van der Waals surface area contributed by atoms with Crippen LogP contribution in [0.1, 0.15) is 52.4 Å². The normalized spacial score (nSPS) is 41.2. The van der Waals surface area contributed by atoms with E-state index in [0.29, 0.717) is 41.2 Å². The van der Waals surface area contributed by atoms with Gasteiger partial charge in [-0.15, -0.1) is 0 Å². The van der Waals surface area contributed by atoms with Gasteiger partial charge in [-0.3, -0.25) is 4.79 Å². The van der Waals surface area contributed by atoms with Gasteiger partial charge in [0.05, 0.1) is 4.90 Å². The predicted octanol–water partition coefficient (Wildman–Crippen LogP) is 4.22. The van der Waals surface area contributed by atoms with Gasteiger partial charge >= 0.3 is 0 Å². The Balaban J connectivity index is 1.33. The average molecular weight is 457 g/mol. The van der Waals surface area contributed by atoms with E-state index in [1.165, 1.54) is 19.3 Å². The Hall–Kier alpha value is -1.66. The predicted molar refractivity (Wildman–Crippen MR) is 125 cm³/mol. The number of carbonyl (C=O) groups is 1. The lowest BCUT2D eigenvalue weighted by Gasteiger charge is -2.60. The molecule has 1 aromatic rings. The molecule has 6 heteroatoms. The van der Waals surface area contributed by atoms with Crippen LogP contribution in [0.15, 0.2) is 47.4 Å². The molecule has 32 heavy (non-hydrogen) atoms. The Morgan fingerprint density at radius 2 is 1.78 bits per heavy atom. The Bertz CT molecular complexity index is 1020. The van der Waals surface area contributed by atoms with Crippen molar-refractivity contribution in [3.8, 4) is 0 Å². The van der Waals surface area contributed by atoms with Gasteiger partial charge in [-0.25, -0.2) is 13.1 Å². The lowest BCUT2D eigenvalue weighted by molar-refractivity contribution is -0.138. The molecule has 7 atom stereocenters. The van der Waals surface area contributed by atoms with E-state index in [9.17, 15) is 13.2 Å². The zero-order chi connectivity index (χ0) is 22.7. The van der Waals surface area contributed by atoms with E-state index in [2.05, 4.69) is 24.6 Å². The summed E-state index contributed by atoms with van der Waals surface area (Å²) in [5, 5.41) is 0.